The van der Waals surface area contributed by atoms with Crippen LogP contribution in [0.1, 0.15) is 15.9 Å². The maximum absolute atomic E-state index is 11.6. The van der Waals surface area contributed by atoms with Gasteiger partial charge in [-0.2, -0.15) is 5.26 Å². The Bertz CT molecular complexity index is 619. The lowest BCUT2D eigenvalue weighted by Gasteiger charge is -2.09. The number of hydrogen-bond acceptors (Lipinski definition) is 4. The van der Waals surface area contributed by atoms with Crippen LogP contribution < -0.4 is 4.72 Å². The molecule has 8 heteroatoms. The minimum Gasteiger partial charge on any atom is -0.478 e. The maximum atomic E-state index is 11.6. The Kier molecular flexibility index (Phi) is 3.60. The highest BCUT2D eigenvalue weighted by Gasteiger charge is 2.21. The number of carboxylic acids is 1. The summed E-state index contributed by atoms with van der Waals surface area (Å²) in [4.78, 5) is 10.5. The average molecular weight is 275 g/mol. The van der Waals surface area contributed by atoms with Gasteiger partial charge in [0.1, 0.15) is 0 Å². The Labute approximate surface area is 102 Å². The largest absolute Gasteiger partial charge is 0.478 e. The fraction of sp³-hybridized carbons (Fsp3) is 0.111. The third-order valence-corrected chi connectivity index (χ3v) is 3.61. The van der Waals surface area contributed by atoms with E-state index in [9.17, 15) is 13.2 Å². The predicted octanol–water partition coefficient (Wildman–Crippen LogP) is 1.11. The summed E-state index contributed by atoms with van der Waals surface area (Å²) >= 11 is 5.63. The zero-order valence-corrected chi connectivity index (χ0v) is 10.1. The molecule has 0 heterocycles. The van der Waals surface area contributed by atoms with Crippen LogP contribution in [0.4, 0.5) is 0 Å². The van der Waals surface area contributed by atoms with E-state index in [4.69, 9.17) is 22.0 Å². The molecule has 0 aliphatic carbocycles. The molecule has 0 saturated carbocycles. The van der Waals surface area contributed by atoms with Crippen LogP contribution in [0.5, 0.6) is 0 Å². The van der Waals surface area contributed by atoms with Crippen molar-refractivity contribution in [2.75, 3.05) is 0 Å². The molecule has 0 aliphatic rings. The molecule has 0 amide bonds. The standard InChI is InChI=1S/C9H7ClN2O4S/c1-5-7(9(13)14)2-6(10)3-8(5)17(15,16)12-4-11/h2-3,12H,1H3,(H,13,14). The SMILES string of the molecule is Cc1c(C(=O)O)cc(Cl)cc1S(=O)(=O)NC#N. The van der Waals surface area contributed by atoms with E-state index in [1.54, 1.807) is 4.72 Å². The van der Waals surface area contributed by atoms with Crippen molar-refractivity contribution in [2.45, 2.75) is 11.8 Å². The van der Waals surface area contributed by atoms with E-state index >= 15 is 0 Å². The van der Waals surface area contributed by atoms with Crippen LogP contribution in [0.25, 0.3) is 0 Å². The molecule has 1 rings (SSSR count). The molecule has 0 fully saturated rings. The maximum Gasteiger partial charge on any atom is 0.336 e. The summed E-state index contributed by atoms with van der Waals surface area (Å²) in [6.07, 6.45) is 1.27. The molecule has 0 radical (unpaired) electrons. The van der Waals surface area contributed by atoms with Gasteiger partial charge in [0.05, 0.1) is 10.5 Å². The highest BCUT2D eigenvalue weighted by atomic mass is 35.5. The Morgan fingerprint density at radius 3 is 2.59 bits per heavy atom. The Hall–Kier alpha value is -1.78. The Morgan fingerprint density at radius 2 is 2.12 bits per heavy atom. The number of nitriles is 1. The second kappa shape index (κ2) is 4.61. The molecule has 17 heavy (non-hydrogen) atoms. The summed E-state index contributed by atoms with van der Waals surface area (Å²) in [5, 5.41) is 17.1. The predicted molar refractivity (Wildman–Crippen MR) is 59.1 cm³/mol. The fourth-order valence-corrected chi connectivity index (χ4v) is 2.58. The van der Waals surface area contributed by atoms with Crippen molar-refractivity contribution >= 4 is 27.6 Å². The first-order chi connectivity index (χ1) is 7.79. The van der Waals surface area contributed by atoms with Gasteiger partial charge in [-0.15, -0.1) is 0 Å². The molecule has 0 atom stereocenters. The van der Waals surface area contributed by atoms with Crippen molar-refractivity contribution < 1.29 is 18.3 Å². The highest BCUT2D eigenvalue weighted by molar-refractivity contribution is 7.89. The highest BCUT2D eigenvalue weighted by Crippen LogP contribution is 2.24. The number of rotatable bonds is 3. The van der Waals surface area contributed by atoms with Crippen LogP contribution in [0.2, 0.25) is 5.02 Å². The lowest BCUT2D eigenvalue weighted by atomic mass is 10.1. The van der Waals surface area contributed by atoms with E-state index in [1.165, 1.54) is 13.1 Å². The van der Waals surface area contributed by atoms with Gasteiger partial charge in [-0.25, -0.2) is 17.9 Å². The number of aromatic carboxylic acids is 1. The van der Waals surface area contributed by atoms with Gasteiger partial charge in [0.15, 0.2) is 6.19 Å². The van der Waals surface area contributed by atoms with Crippen LogP contribution in [-0.4, -0.2) is 19.5 Å². The quantitative estimate of drug-likeness (QED) is 0.634. The van der Waals surface area contributed by atoms with Gasteiger partial charge in [0.2, 0.25) is 0 Å². The first-order valence-electron chi connectivity index (χ1n) is 4.24. The molecule has 0 spiro atoms. The van der Waals surface area contributed by atoms with E-state index in [1.807, 2.05) is 0 Å². The van der Waals surface area contributed by atoms with Gasteiger partial charge in [0.25, 0.3) is 10.0 Å². The number of halogens is 1. The summed E-state index contributed by atoms with van der Waals surface area (Å²) < 4.78 is 24.8. The summed E-state index contributed by atoms with van der Waals surface area (Å²) in [7, 11) is -4.08. The monoisotopic (exact) mass is 274 g/mol. The summed E-state index contributed by atoms with van der Waals surface area (Å²) in [6.45, 7) is 1.33. The first kappa shape index (κ1) is 13.3. The van der Waals surface area contributed by atoms with Crippen molar-refractivity contribution in [3.05, 3.63) is 28.3 Å². The van der Waals surface area contributed by atoms with E-state index in [2.05, 4.69) is 0 Å². The van der Waals surface area contributed by atoms with Gasteiger partial charge < -0.3 is 5.11 Å². The molecule has 2 N–H and O–H groups in total. The molecular formula is C9H7ClN2O4S. The number of nitrogens with one attached hydrogen (secondary N) is 1. The molecule has 6 nitrogen and oxygen atoms in total. The number of sulfonamides is 1. The number of carboxylic acid groups (broad SMARTS) is 1. The van der Waals surface area contributed by atoms with Crippen LogP contribution in [0, 0.1) is 18.4 Å². The molecule has 0 unspecified atom stereocenters. The molecule has 0 aliphatic heterocycles. The van der Waals surface area contributed by atoms with E-state index in [-0.39, 0.29) is 21.0 Å². The van der Waals surface area contributed by atoms with Gasteiger partial charge in [-0.05, 0) is 24.6 Å². The summed E-state index contributed by atoms with van der Waals surface area (Å²) in [5.41, 5.74) is -0.208. The zero-order chi connectivity index (χ0) is 13.2. The number of carbonyl (C=O) groups is 1. The van der Waals surface area contributed by atoms with Crippen LogP contribution in [0.3, 0.4) is 0 Å². The normalized spacial score (nSPS) is 10.6. The lowest BCUT2D eigenvalue weighted by Crippen LogP contribution is -2.20. The van der Waals surface area contributed by atoms with Crippen LogP contribution >= 0.6 is 11.6 Å². The third-order valence-electron chi connectivity index (χ3n) is 2.02. The zero-order valence-electron chi connectivity index (χ0n) is 8.56. The van der Waals surface area contributed by atoms with Crippen LogP contribution in [0.15, 0.2) is 17.0 Å². The Morgan fingerprint density at radius 1 is 1.53 bits per heavy atom. The molecule has 0 saturated heterocycles. The van der Waals surface area contributed by atoms with E-state index in [0.29, 0.717) is 0 Å². The van der Waals surface area contributed by atoms with Crippen molar-refractivity contribution in [2.24, 2.45) is 0 Å². The summed E-state index contributed by atoms with van der Waals surface area (Å²) in [6, 6.07) is 2.23. The molecule has 1 aromatic rings. The van der Waals surface area contributed by atoms with Crippen molar-refractivity contribution in [1.82, 2.24) is 4.72 Å². The van der Waals surface area contributed by atoms with Crippen molar-refractivity contribution in [1.29, 1.82) is 5.26 Å². The average Bonchev–Trinajstić information content (AvgIpc) is 2.20. The molecule has 1 aromatic carbocycles. The van der Waals surface area contributed by atoms with Gasteiger partial charge in [-0.1, -0.05) is 11.6 Å². The minimum absolute atomic E-state index is 0.0182. The van der Waals surface area contributed by atoms with Crippen molar-refractivity contribution in [3.63, 3.8) is 0 Å². The van der Waals surface area contributed by atoms with Gasteiger partial charge in [0, 0.05) is 5.02 Å². The van der Waals surface area contributed by atoms with Crippen LogP contribution in [-0.2, 0) is 10.0 Å². The molecule has 0 bridgehead atoms. The third kappa shape index (κ3) is 2.67. The molecule has 0 aromatic heterocycles. The second-order valence-electron chi connectivity index (χ2n) is 3.10. The van der Waals surface area contributed by atoms with Gasteiger partial charge >= 0.3 is 5.97 Å². The lowest BCUT2D eigenvalue weighted by molar-refractivity contribution is 0.0696. The van der Waals surface area contributed by atoms with E-state index < -0.39 is 16.0 Å². The molecular weight excluding hydrogens is 268 g/mol. The fourth-order valence-electron chi connectivity index (χ4n) is 1.27. The van der Waals surface area contributed by atoms with Gasteiger partial charge in [-0.3, -0.25) is 0 Å². The number of hydrogen-bond donors (Lipinski definition) is 2. The topological polar surface area (TPSA) is 107 Å². The second-order valence-corrected chi connectivity index (χ2v) is 5.19. The van der Waals surface area contributed by atoms with Crippen molar-refractivity contribution in [3.8, 4) is 6.19 Å². The first-order valence-corrected chi connectivity index (χ1v) is 6.10. The Balaban J connectivity index is 3.57. The molecule has 90 valence electrons. The summed E-state index contributed by atoms with van der Waals surface area (Å²) in [5.74, 6) is -1.29. The minimum atomic E-state index is -4.08. The smallest absolute Gasteiger partial charge is 0.336 e. The number of nitrogens with zero attached hydrogens (tertiary/aromatic N) is 1. The number of benzene rings is 1. The van der Waals surface area contributed by atoms with E-state index in [0.717, 1.165) is 12.1 Å².